The van der Waals surface area contributed by atoms with Crippen molar-refractivity contribution in [2.45, 2.75) is 79.2 Å². The van der Waals surface area contributed by atoms with Crippen molar-refractivity contribution in [3.63, 3.8) is 0 Å². The molecule has 1 fully saturated rings. The van der Waals surface area contributed by atoms with E-state index >= 15 is 0 Å². The molecule has 0 aromatic rings. The molecule has 1 unspecified atom stereocenters. The van der Waals surface area contributed by atoms with Crippen LogP contribution in [-0.2, 0) is 0 Å². The van der Waals surface area contributed by atoms with E-state index in [1.165, 1.54) is 45.1 Å². The predicted octanol–water partition coefficient (Wildman–Crippen LogP) is 4.62. The van der Waals surface area contributed by atoms with Gasteiger partial charge in [-0.2, -0.15) is 0 Å². The standard InChI is InChI=1S/C16H33N/c1-6-12-17-15(16(4,5)7-2)14-10-8-13(3)9-11-14/h13-15,17H,6-12H2,1-5H3. The Kier molecular flexibility index (Phi) is 5.99. The number of hydrogen-bond donors (Lipinski definition) is 1. The number of hydrogen-bond acceptors (Lipinski definition) is 1. The molecular weight excluding hydrogens is 206 g/mol. The van der Waals surface area contributed by atoms with E-state index in [0.717, 1.165) is 17.9 Å². The largest absolute Gasteiger partial charge is 0.313 e. The molecule has 1 heteroatoms. The Morgan fingerprint density at radius 1 is 1.12 bits per heavy atom. The molecule has 17 heavy (non-hydrogen) atoms. The Morgan fingerprint density at radius 2 is 1.71 bits per heavy atom. The molecule has 0 aromatic heterocycles. The molecule has 0 amide bonds. The molecule has 0 spiro atoms. The lowest BCUT2D eigenvalue weighted by Gasteiger charge is -2.42. The Bertz CT molecular complexity index is 202. The maximum Gasteiger partial charge on any atom is 0.0146 e. The van der Waals surface area contributed by atoms with Crippen LogP contribution in [0.1, 0.15) is 73.1 Å². The van der Waals surface area contributed by atoms with Crippen molar-refractivity contribution in [2.24, 2.45) is 17.3 Å². The molecule has 0 bridgehead atoms. The molecular formula is C16H33N. The highest BCUT2D eigenvalue weighted by Crippen LogP contribution is 2.38. The number of rotatable bonds is 6. The lowest BCUT2D eigenvalue weighted by Crippen LogP contribution is -2.48. The lowest BCUT2D eigenvalue weighted by atomic mass is 9.69. The maximum absolute atomic E-state index is 3.85. The highest BCUT2D eigenvalue weighted by Gasteiger charge is 2.35. The van der Waals surface area contributed by atoms with Crippen LogP contribution in [0.2, 0.25) is 0 Å². The number of nitrogens with one attached hydrogen (secondary N) is 1. The molecule has 0 heterocycles. The zero-order valence-corrected chi connectivity index (χ0v) is 12.7. The average Bonchev–Trinajstić information content (AvgIpc) is 2.31. The monoisotopic (exact) mass is 239 g/mol. The minimum Gasteiger partial charge on any atom is -0.313 e. The quantitative estimate of drug-likeness (QED) is 0.713. The van der Waals surface area contributed by atoms with Crippen LogP contribution in [0.3, 0.4) is 0 Å². The minimum absolute atomic E-state index is 0.445. The summed E-state index contributed by atoms with van der Waals surface area (Å²) < 4.78 is 0. The summed E-state index contributed by atoms with van der Waals surface area (Å²) in [4.78, 5) is 0. The Balaban J connectivity index is 2.62. The van der Waals surface area contributed by atoms with Crippen LogP contribution in [0.5, 0.6) is 0 Å². The summed E-state index contributed by atoms with van der Waals surface area (Å²) >= 11 is 0. The second-order valence-electron chi connectivity index (χ2n) is 6.79. The molecule has 0 saturated heterocycles. The van der Waals surface area contributed by atoms with Gasteiger partial charge in [0.2, 0.25) is 0 Å². The van der Waals surface area contributed by atoms with Gasteiger partial charge in [0.1, 0.15) is 0 Å². The van der Waals surface area contributed by atoms with Crippen molar-refractivity contribution in [3.05, 3.63) is 0 Å². The fraction of sp³-hybridized carbons (Fsp3) is 1.00. The zero-order valence-electron chi connectivity index (χ0n) is 12.7. The van der Waals surface area contributed by atoms with Gasteiger partial charge in [-0.05, 0) is 49.5 Å². The van der Waals surface area contributed by atoms with Gasteiger partial charge >= 0.3 is 0 Å². The van der Waals surface area contributed by atoms with E-state index in [0.29, 0.717) is 5.41 Å². The first-order valence-corrected chi connectivity index (χ1v) is 7.74. The van der Waals surface area contributed by atoms with Crippen molar-refractivity contribution in [3.8, 4) is 0 Å². The summed E-state index contributed by atoms with van der Waals surface area (Å²) in [5.41, 5.74) is 0.445. The van der Waals surface area contributed by atoms with Gasteiger partial charge < -0.3 is 5.32 Å². The first kappa shape index (κ1) is 15.0. The summed E-state index contributed by atoms with van der Waals surface area (Å²) in [6, 6.07) is 0.722. The van der Waals surface area contributed by atoms with Crippen LogP contribution < -0.4 is 5.32 Å². The Labute approximate surface area is 109 Å². The van der Waals surface area contributed by atoms with Crippen molar-refractivity contribution < 1.29 is 0 Å². The van der Waals surface area contributed by atoms with Gasteiger partial charge in [-0.1, -0.05) is 47.5 Å². The molecule has 1 nitrogen and oxygen atoms in total. The van der Waals surface area contributed by atoms with Crippen LogP contribution in [0.25, 0.3) is 0 Å². The average molecular weight is 239 g/mol. The van der Waals surface area contributed by atoms with Gasteiger partial charge in [0.05, 0.1) is 0 Å². The van der Waals surface area contributed by atoms with E-state index < -0.39 is 0 Å². The van der Waals surface area contributed by atoms with Crippen LogP contribution >= 0.6 is 0 Å². The van der Waals surface area contributed by atoms with Gasteiger partial charge in [0.25, 0.3) is 0 Å². The van der Waals surface area contributed by atoms with Crippen molar-refractivity contribution >= 4 is 0 Å². The zero-order chi connectivity index (χ0) is 12.9. The lowest BCUT2D eigenvalue weighted by molar-refractivity contribution is 0.125. The summed E-state index contributed by atoms with van der Waals surface area (Å²) in [6.45, 7) is 13.1. The van der Waals surface area contributed by atoms with E-state index in [1.807, 2.05) is 0 Å². The van der Waals surface area contributed by atoms with E-state index in [1.54, 1.807) is 0 Å². The van der Waals surface area contributed by atoms with E-state index in [-0.39, 0.29) is 0 Å². The van der Waals surface area contributed by atoms with Crippen molar-refractivity contribution in [2.75, 3.05) is 6.54 Å². The smallest absolute Gasteiger partial charge is 0.0146 e. The molecule has 1 N–H and O–H groups in total. The molecule has 1 aliphatic rings. The third kappa shape index (κ3) is 4.28. The Morgan fingerprint density at radius 3 is 2.18 bits per heavy atom. The van der Waals surface area contributed by atoms with Gasteiger partial charge in [0, 0.05) is 6.04 Å². The van der Waals surface area contributed by atoms with E-state index in [4.69, 9.17) is 0 Å². The minimum atomic E-state index is 0.445. The van der Waals surface area contributed by atoms with Gasteiger partial charge in [-0.3, -0.25) is 0 Å². The second kappa shape index (κ2) is 6.78. The Hall–Kier alpha value is -0.0400. The van der Waals surface area contributed by atoms with Crippen molar-refractivity contribution in [1.82, 2.24) is 5.32 Å². The summed E-state index contributed by atoms with van der Waals surface area (Å²) in [7, 11) is 0. The summed E-state index contributed by atoms with van der Waals surface area (Å²) in [5, 5.41) is 3.85. The molecule has 0 aliphatic heterocycles. The fourth-order valence-electron chi connectivity index (χ4n) is 3.22. The molecule has 0 radical (unpaired) electrons. The molecule has 102 valence electrons. The van der Waals surface area contributed by atoms with Gasteiger partial charge in [0.15, 0.2) is 0 Å². The highest BCUT2D eigenvalue weighted by atomic mass is 14.9. The van der Waals surface area contributed by atoms with Crippen molar-refractivity contribution in [1.29, 1.82) is 0 Å². The molecule has 1 aliphatic carbocycles. The third-order valence-corrected chi connectivity index (χ3v) is 4.90. The van der Waals surface area contributed by atoms with Gasteiger partial charge in [-0.25, -0.2) is 0 Å². The maximum atomic E-state index is 3.85. The molecule has 0 aromatic carbocycles. The third-order valence-electron chi connectivity index (χ3n) is 4.90. The van der Waals surface area contributed by atoms with E-state index in [9.17, 15) is 0 Å². The fourth-order valence-corrected chi connectivity index (χ4v) is 3.22. The first-order valence-electron chi connectivity index (χ1n) is 7.74. The van der Waals surface area contributed by atoms with Crippen LogP contribution in [0.15, 0.2) is 0 Å². The molecule has 1 saturated carbocycles. The van der Waals surface area contributed by atoms with Crippen LogP contribution in [-0.4, -0.2) is 12.6 Å². The van der Waals surface area contributed by atoms with E-state index in [2.05, 4.69) is 39.9 Å². The van der Waals surface area contributed by atoms with Gasteiger partial charge in [-0.15, -0.1) is 0 Å². The second-order valence-corrected chi connectivity index (χ2v) is 6.79. The molecule has 1 atom stereocenters. The molecule has 1 rings (SSSR count). The predicted molar refractivity (Wildman–Crippen MR) is 77.3 cm³/mol. The highest BCUT2D eigenvalue weighted by molar-refractivity contribution is 4.90. The van der Waals surface area contributed by atoms with Crippen LogP contribution in [0.4, 0.5) is 0 Å². The summed E-state index contributed by atoms with van der Waals surface area (Å²) in [6.07, 6.45) is 8.28. The summed E-state index contributed by atoms with van der Waals surface area (Å²) in [5.74, 6) is 1.87. The van der Waals surface area contributed by atoms with Crippen LogP contribution in [0, 0.1) is 17.3 Å². The first-order chi connectivity index (χ1) is 8.01. The normalized spacial score (nSPS) is 28.1. The SMILES string of the molecule is CCCNC(C1CCC(C)CC1)C(C)(C)CC. The topological polar surface area (TPSA) is 12.0 Å².